The Balaban J connectivity index is 1.45. The lowest BCUT2D eigenvalue weighted by Crippen LogP contribution is -2.13. The number of carbonyl (C=O) groups is 1. The van der Waals surface area contributed by atoms with Crippen LogP contribution >= 0.6 is 11.3 Å². The van der Waals surface area contributed by atoms with Gasteiger partial charge in [-0.05, 0) is 51.0 Å². The van der Waals surface area contributed by atoms with Crippen molar-refractivity contribution in [3.8, 4) is 22.8 Å². The van der Waals surface area contributed by atoms with E-state index in [1.165, 1.54) is 11.3 Å². The third kappa shape index (κ3) is 4.04. The van der Waals surface area contributed by atoms with Crippen molar-refractivity contribution in [1.82, 2.24) is 19.7 Å². The van der Waals surface area contributed by atoms with Gasteiger partial charge in [0.05, 0.1) is 37.1 Å². The second-order valence-electron chi connectivity index (χ2n) is 8.35. The number of nitrogens with zero attached hydrogens (tertiary/aromatic N) is 4. The van der Waals surface area contributed by atoms with Gasteiger partial charge in [-0.1, -0.05) is 0 Å². The zero-order chi connectivity index (χ0) is 23.1. The Labute approximate surface area is 195 Å². The molecule has 170 valence electrons. The quantitative estimate of drug-likeness (QED) is 0.401. The van der Waals surface area contributed by atoms with E-state index in [9.17, 15) is 4.79 Å². The van der Waals surface area contributed by atoms with Gasteiger partial charge in [-0.15, -0.1) is 11.3 Å². The van der Waals surface area contributed by atoms with Crippen LogP contribution in [0.25, 0.3) is 22.3 Å². The molecule has 1 fully saturated rings. The van der Waals surface area contributed by atoms with Gasteiger partial charge in [-0.2, -0.15) is 5.10 Å². The van der Waals surface area contributed by atoms with E-state index in [0.29, 0.717) is 28.1 Å². The molecule has 3 aromatic heterocycles. The van der Waals surface area contributed by atoms with Crippen LogP contribution in [-0.4, -0.2) is 39.9 Å². The van der Waals surface area contributed by atoms with Crippen molar-refractivity contribution < 1.29 is 14.3 Å². The van der Waals surface area contributed by atoms with Crippen molar-refractivity contribution in [3.05, 3.63) is 47.1 Å². The molecule has 0 aliphatic heterocycles. The molecule has 0 atom stereocenters. The van der Waals surface area contributed by atoms with Gasteiger partial charge in [0.2, 0.25) is 0 Å². The normalized spacial score (nSPS) is 13.5. The van der Waals surface area contributed by atoms with Crippen LogP contribution in [0.2, 0.25) is 0 Å². The summed E-state index contributed by atoms with van der Waals surface area (Å²) in [5.74, 6) is 1.50. The van der Waals surface area contributed by atoms with Gasteiger partial charge in [0.25, 0.3) is 5.91 Å². The molecule has 1 amide bonds. The van der Waals surface area contributed by atoms with Crippen molar-refractivity contribution in [3.63, 3.8) is 0 Å². The largest absolute Gasteiger partial charge is 0.493 e. The third-order valence-electron chi connectivity index (χ3n) is 5.72. The number of nitrogens with one attached hydrogen (secondary N) is 1. The Morgan fingerprint density at radius 3 is 2.64 bits per heavy atom. The summed E-state index contributed by atoms with van der Waals surface area (Å²) in [4.78, 5) is 22.7. The molecule has 5 rings (SSSR count). The predicted octanol–water partition coefficient (Wildman–Crippen LogP) is 5.28. The number of anilines is 1. The second kappa shape index (κ2) is 8.47. The Bertz CT molecular complexity index is 1340. The third-order valence-corrected chi connectivity index (χ3v) is 6.48. The van der Waals surface area contributed by atoms with Gasteiger partial charge >= 0.3 is 0 Å². The lowest BCUT2D eigenvalue weighted by atomic mass is 10.1. The molecule has 1 saturated carbocycles. The van der Waals surface area contributed by atoms with E-state index in [0.717, 1.165) is 40.8 Å². The van der Waals surface area contributed by atoms with Gasteiger partial charge in [-0.3, -0.25) is 10.1 Å². The molecular weight excluding hydrogens is 438 g/mol. The molecule has 33 heavy (non-hydrogen) atoms. The molecule has 0 unspecified atom stereocenters. The van der Waals surface area contributed by atoms with E-state index < -0.39 is 0 Å². The molecule has 3 heterocycles. The average Bonchev–Trinajstić information content (AvgIpc) is 3.41. The van der Waals surface area contributed by atoms with Crippen LogP contribution in [0.4, 0.5) is 5.13 Å². The molecule has 1 aliphatic carbocycles. The highest BCUT2D eigenvalue weighted by molar-refractivity contribution is 7.14. The van der Waals surface area contributed by atoms with Crippen LogP contribution in [0.3, 0.4) is 0 Å². The van der Waals surface area contributed by atoms with Gasteiger partial charge < -0.3 is 9.47 Å². The maximum atomic E-state index is 13.3. The minimum atomic E-state index is -0.208. The number of methoxy groups -OCH3 is 2. The molecule has 8 nitrogen and oxygen atoms in total. The predicted molar refractivity (Wildman–Crippen MR) is 128 cm³/mol. The number of hydrogen-bond acceptors (Lipinski definition) is 7. The first-order valence-corrected chi connectivity index (χ1v) is 11.7. The standard InChI is InChI=1S/C24H25N5O3S/c1-13(2)29-22-17(11-25-29)16(10-18(26-22)14-5-6-14)23(30)28-24-27-19(12-33-24)15-7-8-20(31-3)21(9-15)32-4/h7-14H,5-6H2,1-4H3,(H,27,28,30). The zero-order valence-corrected chi connectivity index (χ0v) is 19.8. The molecule has 0 saturated heterocycles. The number of carbonyl (C=O) groups excluding carboxylic acids is 1. The fourth-order valence-corrected chi connectivity index (χ4v) is 4.53. The monoisotopic (exact) mass is 463 g/mol. The summed E-state index contributed by atoms with van der Waals surface area (Å²) in [6, 6.07) is 7.68. The number of amides is 1. The fraction of sp³-hybridized carbons (Fsp3) is 0.333. The van der Waals surface area contributed by atoms with Crippen molar-refractivity contribution in [2.45, 2.75) is 38.6 Å². The fourth-order valence-electron chi connectivity index (χ4n) is 3.82. The number of pyridine rings is 1. The second-order valence-corrected chi connectivity index (χ2v) is 9.21. The first kappa shape index (κ1) is 21.4. The van der Waals surface area contributed by atoms with Crippen molar-refractivity contribution in [2.24, 2.45) is 0 Å². The van der Waals surface area contributed by atoms with Crippen LogP contribution < -0.4 is 14.8 Å². The molecule has 0 spiro atoms. The molecule has 4 aromatic rings. The number of rotatable bonds is 7. The topological polar surface area (TPSA) is 91.2 Å². The lowest BCUT2D eigenvalue weighted by molar-refractivity contribution is 0.102. The van der Waals surface area contributed by atoms with Crippen LogP contribution in [0, 0.1) is 0 Å². The van der Waals surface area contributed by atoms with E-state index in [2.05, 4.69) is 29.2 Å². The summed E-state index contributed by atoms with van der Waals surface area (Å²) in [6.45, 7) is 4.12. The zero-order valence-electron chi connectivity index (χ0n) is 19.0. The van der Waals surface area contributed by atoms with Crippen LogP contribution in [0.5, 0.6) is 11.5 Å². The van der Waals surface area contributed by atoms with Gasteiger partial charge in [0.1, 0.15) is 0 Å². The molecule has 1 aliphatic rings. The molecule has 0 radical (unpaired) electrons. The first-order valence-electron chi connectivity index (χ1n) is 10.9. The first-order chi connectivity index (χ1) is 16.0. The highest BCUT2D eigenvalue weighted by atomic mass is 32.1. The van der Waals surface area contributed by atoms with E-state index >= 15 is 0 Å². The van der Waals surface area contributed by atoms with Gasteiger partial charge in [0, 0.05) is 28.6 Å². The van der Waals surface area contributed by atoms with Crippen LogP contribution in [-0.2, 0) is 0 Å². The Kier molecular flexibility index (Phi) is 5.49. The lowest BCUT2D eigenvalue weighted by Gasteiger charge is -2.10. The average molecular weight is 464 g/mol. The van der Waals surface area contributed by atoms with Crippen molar-refractivity contribution >= 4 is 33.4 Å². The highest BCUT2D eigenvalue weighted by Crippen LogP contribution is 2.40. The number of ether oxygens (including phenoxy) is 2. The molecule has 1 N–H and O–H groups in total. The Morgan fingerprint density at radius 2 is 1.94 bits per heavy atom. The van der Waals surface area contributed by atoms with Crippen molar-refractivity contribution in [2.75, 3.05) is 19.5 Å². The Morgan fingerprint density at radius 1 is 1.15 bits per heavy atom. The van der Waals surface area contributed by atoms with E-state index in [-0.39, 0.29) is 11.9 Å². The molecular formula is C24H25N5O3S. The number of benzene rings is 1. The van der Waals surface area contributed by atoms with Crippen molar-refractivity contribution in [1.29, 1.82) is 0 Å². The maximum Gasteiger partial charge on any atom is 0.258 e. The number of hydrogen-bond donors (Lipinski definition) is 1. The van der Waals surface area contributed by atoms with E-state index in [4.69, 9.17) is 14.5 Å². The number of aromatic nitrogens is 4. The van der Waals surface area contributed by atoms with Crippen LogP contribution in [0.1, 0.15) is 54.7 Å². The maximum absolute atomic E-state index is 13.3. The minimum Gasteiger partial charge on any atom is -0.493 e. The van der Waals surface area contributed by atoms with E-state index in [1.54, 1.807) is 20.4 Å². The Hall–Kier alpha value is -3.46. The molecule has 0 bridgehead atoms. The smallest absolute Gasteiger partial charge is 0.258 e. The molecule has 1 aromatic carbocycles. The highest BCUT2D eigenvalue weighted by Gasteiger charge is 2.28. The SMILES string of the molecule is COc1ccc(-c2csc(NC(=O)c3cc(C4CC4)nc4c3cnn4C(C)C)n2)cc1OC. The van der Waals surface area contributed by atoms with Crippen LogP contribution in [0.15, 0.2) is 35.8 Å². The number of thiazole rings is 1. The van der Waals surface area contributed by atoms with Gasteiger partial charge in [0.15, 0.2) is 22.3 Å². The summed E-state index contributed by atoms with van der Waals surface area (Å²) in [5, 5.41) is 10.6. The van der Waals surface area contributed by atoms with Gasteiger partial charge in [-0.25, -0.2) is 14.6 Å². The summed E-state index contributed by atoms with van der Waals surface area (Å²) in [5.41, 5.74) is 3.92. The summed E-state index contributed by atoms with van der Waals surface area (Å²) < 4.78 is 12.6. The number of fused-ring (bicyclic) bond motifs is 1. The summed E-state index contributed by atoms with van der Waals surface area (Å²) in [7, 11) is 3.20. The van der Waals surface area contributed by atoms with E-state index in [1.807, 2.05) is 34.3 Å². The molecule has 9 heteroatoms. The minimum absolute atomic E-state index is 0.156. The summed E-state index contributed by atoms with van der Waals surface area (Å²) in [6.07, 6.45) is 3.94. The summed E-state index contributed by atoms with van der Waals surface area (Å²) >= 11 is 1.38.